The van der Waals surface area contributed by atoms with E-state index in [4.69, 9.17) is 22.0 Å². The second-order valence-corrected chi connectivity index (χ2v) is 27.9. The molecule has 0 bridgehead atoms. The fourth-order valence-corrected chi connectivity index (χ4v) is 15.6. The van der Waals surface area contributed by atoms with Crippen molar-refractivity contribution in [3.63, 3.8) is 0 Å². The zero-order valence-electron chi connectivity index (χ0n) is 55.5. The maximum absolute atomic E-state index is 12.2. The van der Waals surface area contributed by atoms with Gasteiger partial charge in [-0.1, -0.05) is 84.6 Å². The summed E-state index contributed by atoms with van der Waals surface area (Å²) in [6.07, 6.45) is 6.36. The lowest BCUT2D eigenvalue weighted by molar-refractivity contribution is 0.615. The minimum Gasteiger partial charge on any atom is -0.401 e. The molecule has 3 atom stereocenters. The fraction of sp³-hybridized carbons (Fsp3) is 0.284. The van der Waals surface area contributed by atoms with E-state index in [2.05, 4.69) is 219 Å². The third-order valence-corrected chi connectivity index (χ3v) is 22.8. The molecule has 0 fully saturated rings. The highest BCUT2D eigenvalue weighted by Gasteiger charge is 2.48. The number of nitrogens with two attached hydrogens (primary N) is 2. The maximum Gasteiger partial charge on any atom is 0.207 e. The molecule has 10 aromatic rings. The van der Waals surface area contributed by atoms with Crippen molar-refractivity contribution in [1.29, 1.82) is 15.8 Å². The number of pyridine rings is 1. The predicted octanol–water partition coefficient (Wildman–Crippen LogP) is 19.6. The van der Waals surface area contributed by atoms with Crippen LogP contribution in [0.15, 0.2) is 148 Å². The van der Waals surface area contributed by atoms with E-state index in [1.807, 2.05) is 55.1 Å². The molecule has 0 amide bonds. The van der Waals surface area contributed by atoms with Gasteiger partial charge >= 0.3 is 0 Å². The summed E-state index contributed by atoms with van der Waals surface area (Å²) in [5, 5.41) is 32.8. The van der Waals surface area contributed by atoms with Gasteiger partial charge in [0.1, 0.15) is 16.4 Å². The quantitative estimate of drug-likeness (QED) is 0.114. The number of anilines is 1. The number of allylic oxidation sites excluding steroid dienone is 1. The van der Waals surface area contributed by atoms with Gasteiger partial charge in [-0.25, -0.2) is 0 Å². The summed E-state index contributed by atoms with van der Waals surface area (Å²) in [7, 11) is 0. The first kappa shape index (κ1) is 65.7. The number of rotatable bonds is 5. The van der Waals surface area contributed by atoms with Gasteiger partial charge in [0.15, 0.2) is 0 Å². The number of aromatic nitrogens is 1. The topological polar surface area (TPSA) is 156 Å². The minimum absolute atomic E-state index is 0.103. The first-order chi connectivity index (χ1) is 42.7. The van der Waals surface area contributed by atoms with Gasteiger partial charge in [0, 0.05) is 44.7 Å². The van der Waals surface area contributed by atoms with Crippen molar-refractivity contribution < 1.29 is 0 Å². The van der Waals surface area contributed by atoms with Crippen LogP contribution in [0.25, 0.3) is 32.4 Å². The van der Waals surface area contributed by atoms with Crippen molar-refractivity contribution in [2.45, 2.75) is 162 Å². The molecule has 1 heterocycles. The second-order valence-electron chi connectivity index (χ2n) is 25.1. The molecule has 0 aliphatic heterocycles. The Morgan fingerprint density at radius 1 is 0.533 bits per heavy atom. The Bertz CT molecular complexity index is 4740. The van der Waals surface area contributed by atoms with Crippen LogP contribution in [0.2, 0.25) is 0 Å². The van der Waals surface area contributed by atoms with Crippen molar-refractivity contribution in [3.8, 4) is 18.2 Å². The average molecular weight is 1220 g/mol. The van der Waals surface area contributed by atoms with Crippen molar-refractivity contribution in [1.82, 2.24) is 4.98 Å². The molecule has 9 heteroatoms. The summed E-state index contributed by atoms with van der Waals surface area (Å²) in [5.74, 6) is 0.160. The molecule has 13 rings (SSSR count). The molecular weight excluding hydrogens is 1140 g/mol. The van der Waals surface area contributed by atoms with E-state index in [1.165, 1.54) is 139 Å². The monoisotopic (exact) mass is 1220 g/mol. The molecule has 3 aliphatic carbocycles. The molecular formula is C81H84N6OS2. The predicted molar refractivity (Wildman–Crippen MR) is 381 cm³/mol. The molecule has 0 spiro atoms. The highest BCUT2D eigenvalue weighted by Crippen LogP contribution is 2.57. The number of nitrogens with one attached hydrogen (secondary N) is 1. The Kier molecular flexibility index (Phi) is 19.2. The molecule has 456 valence electrons. The molecule has 1 aromatic heterocycles. The van der Waals surface area contributed by atoms with Crippen LogP contribution in [0.1, 0.15) is 141 Å². The zero-order valence-corrected chi connectivity index (χ0v) is 57.2. The first-order valence-corrected chi connectivity index (χ1v) is 32.6. The van der Waals surface area contributed by atoms with E-state index in [0.717, 1.165) is 57.4 Å². The third-order valence-electron chi connectivity index (χ3n) is 20.1. The van der Waals surface area contributed by atoms with Gasteiger partial charge in [0.05, 0.1) is 22.8 Å². The Morgan fingerprint density at radius 3 is 1.54 bits per heavy atom. The highest BCUT2D eigenvalue weighted by atomic mass is 32.2. The van der Waals surface area contributed by atoms with Crippen LogP contribution in [-0.2, 0) is 28.8 Å². The smallest absolute Gasteiger partial charge is 0.207 e. The summed E-state index contributed by atoms with van der Waals surface area (Å²) in [5.41, 5.74) is 44.3. The molecule has 7 nitrogen and oxygen atoms in total. The van der Waals surface area contributed by atoms with Gasteiger partial charge in [-0.05, 0) is 323 Å². The van der Waals surface area contributed by atoms with E-state index in [-0.39, 0.29) is 21.7 Å². The zero-order chi connectivity index (χ0) is 65.4. The Hall–Kier alpha value is -8.78. The number of nitriles is 3. The lowest BCUT2D eigenvalue weighted by atomic mass is 9.71. The molecule has 90 heavy (non-hydrogen) atoms. The van der Waals surface area contributed by atoms with Gasteiger partial charge in [0.2, 0.25) is 5.43 Å². The van der Waals surface area contributed by atoms with Gasteiger partial charge in [0.25, 0.3) is 0 Å². The molecule has 3 aliphatic rings. The van der Waals surface area contributed by atoms with Crippen LogP contribution >= 0.6 is 23.5 Å². The third kappa shape index (κ3) is 12.2. The number of nitrogen functional groups attached to an aromatic ring is 1. The number of aryl methyl sites for hydroxylation is 8. The highest BCUT2D eigenvalue weighted by molar-refractivity contribution is 8.00. The van der Waals surface area contributed by atoms with E-state index in [9.17, 15) is 10.1 Å². The van der Waals surface area contributed by atoms with Crippen LogP contribution in [-0.4, -0.2) is 4.98 Å². The minimum atomic E-state index is -0.403. The standard InChI is InChI=1S/C20H23NS.C18H17NS.C17H14N2O.C14H17N.C12H13N/c1-5-19(21)20(22-16-9-7-6-8-10-16)12-17-15(4)14(3)13(2)11-18(17)20;1-12-9-17-16(14(3)13(12)2)10-18(17,11-19)20-15-7-5-4-6-8-15;1-9-4-12-5-16-15(6-14(12)11(3)10(9)2)17(20)13(7-18)8-19-16;1-8-5-12-7-14(15)9(2)6-13(12)11(4)10(8)3;1-7-4-12-10(6-13)5-11(12)9(3)8(7)2/h5-11H,12,21H2,1-4H3;4-9H,10H2,1-3H3;4-6,8H,1-3H3,(H,19,20);5-7H,15H2,1-4H3;4,10H,5H2,1-3H3/b19-5-;;;;. The van der Waals surface area contributed by atoms with Crippen LogP contribution in [0, 0.1) is 145 Å². The normalized spacial score (nSPS) is 16.4. The molecule has 0 radical (unpaired) electrons. The Labute approximate surface area is 542 Å². The van der Waals surface area contributed by atoms with Gasteiger partial charge in [-0.3, -0.25) is 4.79 Å². The van der Waals surface area contributed by atoms with Crippen molar-refractivity contribution >= 4 is 61.7 Å². The summed E-state index contributed by atoms with van der Waals surface area (Å²) in [6, 6.07) is 46.8. The number of nitrogens with zero attached hydrogens (tertiary/aromatic N) is 3. The van der Waals surface area contributed by atoms with Crippen molar-refractivity contribution in [3.05, 3.63) is 271 Å². The average Bonchev–Trinajstić information content (AvgIpc) is 0.734. The molecule has 5 N–H and O–H groups in total. The van der Waals surface area contributed by atoms with E-state index in [0.29, 0.717) is 5.39 Å². The van der Waals surface area contributed by atoms with E-state index >= 15 is 0 Å². The van der Waals surface area contributed by atoms with Crippen LogP contribution < -0.4 is 16.9 Å². The van der Waals surface area contributed by atoms with Crippen LogP contribution in [0.5, 0.6) is 0 Å². The first-order valence-electron chi connectivity index (χ1n) is 31.0. The summed E-state index contributed by atoms with van der Waals surface area (Å²) in [6.45, 7) is 36.4. The van der Waals surface area contributed by atoms with Crippen molar-refractivity contribution in [2.24, 2.45) is 5.73 Å². The number of H-pyrrole nitrogens is 1. The van der Waals surface area contributed by atoms with Gasteiger partial charge in [-0.15, -0.1) is 11.8 Å². The number of fused-ring (bicyclic) bond motifs is 6. The fourth-order valence-electron chi connectivity index (χ4n) is 12.9. The van der Waals surface area contributed by atoms with E-state index in [1.54, 1.807) is 11.8 Å². The largest absolute Gasteiger partial charge is 0.401 e. The molecule has 9 aromatic carbocycles. The number of benzene rings is 9. The summed E-state index contributed by atoms with van der Waals surface area (Å²) in [4.78, 5) is 17.7. The number of aromatic amines is 1. The summed E-state index contributed by atoms with van der Waals surface area (Å²) < 4.78 is -0.505. The number of hydrogen-bond donors (Lipinski definition) is 3. The molecule has 0 saturated carbocycles. The lowest BCUT2D eigenvalue weighted by Crippen LogP contribution is -2.41. The number of hydrogen-bond acceptors (Lipinski definition) is 8. The van der Waals surface area contributed by atoms with Crippen LogP contribution in [0.4, 0.5) is 5.69 Å². The van der Waals surface area contributed by atoms with Gasteiger partial charge in [-0.2, -0.15) is 15.8 Å². The second kappa shape index (κ2) is 26.4. The lowest BCUT2D eigenvalue weighted by Gasteiger charge is -2.45. The van der Waals surface area contributed by atoms with Gasteiger partial charge < -0.3 is 16.5 Å². The summed E-state index contributed by atoms with van der Waals surface area (Å²) >= 11 is 3.57. The Balaban J connectivity index is 0.000000135. The Morgan fingerprint density at radius 2 is 1.01 bits per heavy atom. The van der Waals surface area contributed by atoms with Crippen molar-refractivity contribution in [2.75, 3.05) is 5.73 Å². The molecule has 0 saturated heterocycles. The van der Waals surface area contributed by atoms with E-state index < -0.39 is 4.75 Å². The molecule has 3 unspecified atom stereocenters. The SMILES string of the molecule is C/C=C(\N)C1(Sc2ccccc2)Cc2c1cc(C)c(C)c2C.Cc1cc2c(C)c(C)c(C)cc2cc1N.Cc1cc2c(c(C)c1C)CC2(C#N)Sc1ccccc1.Cc1cc2c(c(C)c1C)CC2C#N.Cc1cc2cc3[nH]cc(C#N)c(=O)c3cc2c(C)c1C. The van der Waals surface area contributed by atoms with Crippen LogP contribution in [0.3, 0.4) is 0 Å². The number of thioether (sulfide) groups is 2. The maximum atomic E-state index is 12.2.